The van der Waals surface area contributed by atoms with E-state index in [9.17, 15) is 4.79 Å². The lowest BCUT2D eigenvalue weighted by atomic mass is 10.0. The van der Waals surface area contributed by atoms with Crippen LogP contribution in [0.1, 0.15) is 21.6 Å². The van der Waals surface area contributed by atoms with E-state index in [0.29, 0.717) is 5.69 Å². The van der Waals surface area contributed by atoms with Gasteiger partial charge in [0, 0.05) is 12.6 Å². The van der Waals surface area contributed by atoms with Crippen molar-refractivity contribution in [1.82, 2.24) is 9.55 Å². The van der Waals surface area contributed by atoms with Crippen molar-refractivity contribution in [3.05, 3.63) is 41.3 Å². The van der Waals surface area contributed by atoms with Gasteiger partial charge in [-0.05, 0) is 25.5 Å². The van der Waals surface area contributed by atoms with E-state index < -0.39 is 5.97 Å². The predicted octanol–water partition coefficient (Wildman–Crippen LogP) is 2.40. The fourth-order valence-corrected chi connectivity index (χ4v) is 1.90. The van der Waals surface area contributed by atoms with Crippen LogP contribution in [0, 0.1) is 13.8 Å². The van der Waals surface area contributed by atoms with Crippen LogP contribution in [0.25, 0.3) is 11.3 Å². The molecular formula is C13H14N2O2. The van der Waals surface area contributed by atoms with Crippen molar-refractivity contribution >= 4 is 5.97 Å². The van der Waals surface area contributed by atoms with E-state index in [1.54, 1.807) is 11.6 Å². The third-order valence-corrected chi connectivity index (χ3v) is 2.79. The molecule has 0 saturated carbocycles. The topological polar surface area (TPSA) is 55.1 Å². The number of aryl methyl sites for hydroxylation is 3. The van der Waals surface area contributed by atoms with E-state index in [2.05, 4.69) is 4.98 Å². The Kier molecular flexibility index (Phi) is 2.71. The van der Waals surface area contributed by atoms with Gasteiger partial charge in [0.25, 0.3) is 0 Å². The highest BCUT2D eigenvalue weighted by Crippen LogP contribution is 2.26. The lowest BCUT2D eigenvalue weighted by Gasteiger charge is -2.09. The maximum absolute atomic E-state index is 11.1. The number of imidazole rings is 1. The zero-order valence-corrected chi connectivity index (χ0v) is 10.1. The smallest absolute Gasteiger partial charge is 0.356 e. The number of benzene rings is 1. The highest BCUT2D eigenvalue weighted by atomic mass is 16.4. The Balaban J connectivity index is 2.71. The molecule has 2 aromatic rings. The first-order valence-corrected chi connectivity index (χ1v) is 5.33. The molecule has 0 spiro atoms. The van der Waals surface area contributed by atoms with Gasteiger partial charge in [0.05, 0.1) is 12.0 Å². The fourth-order valence-electron chi connectivity index (χ4n) is 1.90. The Bertz CT molecular complexity index is 585. The van der Waals surface area contributed by atoms with E-state index in [4.69, 9.17) is 5.11 Å². The van der Waals surface area contributed by atoms with Gasteiger partial charge in [-0.1, -0.05) is 17.7 Å². The van der Waals surface area contributed by atoms with E-state index in [1.807, 2.05) is 32.0 Å². The molecule has 1 heterocycles. The summed E-state index contributed by atoms with van der Waals surface area (Å²) in [6.45, 7) is 3.95. The van der Waals surface area contributed by atoms with Crippen molar-refractivity contribution in [2.75, 3.05) is 0 Å². The van der Waals surface area contributed by atoms with Crippen molar-refractivity contribution < 1.29 is 9.90 Å². The van der Waals surface area contributed by atoms with Gasteiger partial charge in [0.2, 0.25) is 0 Å². The van der Waals surface area contributed by atoms with Gasteiger partial charge < -0.3 is 9.67 Å². The van der Waals surface area contributed by atoms with Crippen molar-refractivity contribution in [3.8, 4) is 11.3 Å². The van der Waals surface area contributed by atoms with Crippen molar-refractivity contribution in [2.45, 2.75) is 13.8 Å². The van der Waals surface area contributed by atoms with Crippen LogP contribution >= 0.6 is 0 Å². The van der Waals surface area contributed by atoms with Crippen LogP contribution in [0.4, 0.5) is 0 Å². The molecule has 0 amide bonds. The van der Waals surface area contributed by atoms with Crippen molar-refractivity contribution in [3.63, 3.8) is 0 Å². The Morgan fingerprint density at radius 2 is 2.06 bits per heavy atom. The summed E-state index contributed by atoms with van der Waals surface area (Å²) in [4.78, 5) is 15.1. The van der Waals surface area contributed by atoms with Crippen LogP contribution in [-0.4, -0.2) is 20.6 Å². The molecule has 0 radical (unpaired) electrons. The number of rotatable bonds is 2. The molecule has 0 aliphatic carbocycles. The maximum Gasteiger partial charge on any atom is 0.356 e. The van der Waals surface area contributed by atoms with Crippen LogP contribution in [0.2, 0.25) is 0 Å². The number of carbonyl (C=O) groups is 1. The third-order valence-electron chi connectivity index (χ3n) is 2.79. The third kappa shape index (κ3) is 1.93. The lowest BCUT2D eigenvalue weighted by Crippen LogP contribution is -2.02. The van der Waals surface area contributed by atoms with Crippen LogP contribution in [-0.2, 0) is 7.05 Å². The molecule has 0 saturated heterocycles. The summed E-state index contributed by atoms with van der Waals surface area (Å²) in [7, 11) is 1.80. The van der Waals surface area contributed by atoms with Crippen LogP contribution < -0.4 is 0 Å². The maximum atomic E-state index is 11.1. The molecular weight excluding hydrogens is 216 g/mol. The Morgan fingerprint density at radius 1 is 1.35 bits per heavy atom. The van der Waals surface area contributed by atoms with Crippen LogP contribution in [0.3, 0.4) is 0 Å². The molecule has 1 aromatic carbocycles. The lowest BCUT2D eigenvalue weighted by molar-refractivity contribution is 0.0692. The van der Waals surface area contributed by atoms with Crippen LogP contribution in [0.15, 0.2) is 24.5 Å². The SMILES string of the molecule is Cc1ccc(C)c(-c2c(C(=O)O)ncn2C)c1. The second kappa shape index (κ2) is 4.05. The number of aromatic carboxylic acids is 1. The minimum Gasteiger partial charge on any atom is -0.476 e. The zero-order chi connectivity index (χ0) is 12.6. The van der Waals surface area contributed by atoms with Crippen molar-refractivity contribution in [2.24, 2.45) is 7.05 Å². The molecule has 4 nitrogen and oxygen atoms in total. The second-order valence-corrected chi connectivity index (χ2v) is 4.18. The summed E-state index contributed by atoms with van der Waals surface area (Å²) in [5.41, 5.74) is 3.81. The normalized spacial score (nSPS) is 10.5. The molecule has 2 rings (SSSR count). The molecule has 1 aromatic heterocycles. The number of hydrogen-bond acceptors (Lipinski definition) is 2. The molecule has 0 aliphatic heterocycles. The van der Waals surface area contributed by atoms with E-state index in [1.165, 1.54) is 6.33 Å². The second-order valence-electron chi connectivity index (χ2n) is 4.18. The molecule has 0 fully saturated rings. The average molecular weight is 230 g/mol. The van der Waals surface area contributed by atoms with Gasteiger partial charge in [0.1, 0.15) is 0 Å². The molecule has 4 heteroatoms. The molecule has 0 bridgehead atoms. The largest absolute Gasteiger partial charge is 0.476 e. The van der Waals surface area contributed by atoms with Gasteiger partial charge in [-0.3, -0.25) is 0 Å². The monoisotopic (exact) mass is 230 g/mol. The van der Waals surface area contributed by atoms with E-state index >= 15 is 0 Å². The highest BCUT2D eigenvalue weighted by molar-refractivity contribution is 5.93. The number of nitrogens with zero attached hydrogens (tertiary/aromatic N) is 2. The van der Waals surface area contributed by atoms with E-state index in [-0.39, 0.29) is 5.69 Å². The predicted molar refractivity (Wildman–Crippen MR) is 65.1 cm³/mol. The van der Waals surface area contributed by atoms with Gasteiger partial charge in [-0.15, -0.1) is 0 Å². The summed E-state index contributed by atoms with van der Waals surface area (Å²) in [6, 6.07) is 5.98. The van der Waals surface area contributed by atoms with Gasteiger partial charge >= 0.3 is 5.97 Å². The standard InChI is InChI=1S/C13H14N2O2/c1-8-4-5-9(2)10(6-8)12-11(13(16)17)14-7-15(12)3/h4-7H,1-3H3,(H,16,17). The molecule has 1 N–H and O–H groups in total. The zero-order valence-electron chi connectivity index (χ0n) is 10.1. The number of carboxylic acids is 1. The number of hydrogen-bond donors (Lipinski definition) is 1. The summed E-state index contributed by atoms with van der Waals surface area (Å²) < 4.78 is 1.74. The Labute approximate surface area is 99.5 Å². The highest BCUT2D eigenvalue weighted by Gasteiger charge is 2.18. The molecule has 0 unspecified atom stereocenters. The van der Waals surface area contributed by atoms with Gasteiger partial charge in [-0.2, -0.15) is 0 Å². The minimum absolute atomic E-state index is 0.0983. The first kappa shape index (κ1) is 11.4. The van der Waals surface area contributed by atoms with Crippen LogP contribution in [0.5, 0.6) is 0 Å². The molecule has 0 aliphatic rings. The molecule has 0 atom stereocenters. The summed E-state index contributed by atoms with van der Waals surface area (Å²) >= 11 is 0. The number of aromatic nitrogens is 2. The minimum atomic E-state index is -0.999. The first-order chi connectivity index (χ1) is 8.00. The fraction of sp³-hybridized carbons (Fsp3) is 0.231. The van der Waals surface area contributed by atoms with E-state index in [0.717, 1.165) is 16.7 Å². The van der Waals surface area contributed by atoms with Crippen molar-refractivity contribution in [1.29, 1.82) is 0 Å². The Hall–Kier alpha value is -2.10. The molecule has 88 valence electrons. The summed E-state index contributed by atoms with van der Waals surface area (Å²) in [5.74, 6) is -0.999. The Morgan fingerprint density at radius 3 is 2.71 bits per heavy atom. The first-order valence-electron chi connectivity index (χ1n) is 5.33. The number of carboxylic acid groups (broad SMARTS) is 1. The molecule has 17 heavy (non-hydrogen) atoms. The van der Waals surface area contributed by atoms with Gasteiger partial charge in [-0.25, -0.2) is 9.78 Å². The quantitative estimate of drug-likeness (QED) is 0.861. The average Bonchev–Trinajstić information content (AvgIpc) is 2.64. The summed E-state index contributed by atoms with van der Waals surface area (Å²) in [6.07, 6.45) is 1.53. The summed E-state index contributed by atoms with van der Waals surface area (Å²) in [5, 5.41) is 9.12. The van der Waals surface area contributed by atoms with Gasteiger partial charge in [0.15, 0.2) is 5.69 Å².